The maximum absolute atomic E-state index is 6.36. The van der Waals surface area contributed by atoms with Crippen molar-refractivity contribution in [1.29, 1.82) is 0 Å². The summed E-state index contributed by atoms with van der Waals surface area (Å²) in [5.74, 6) is 1.58. The monoisotopic (exact) mass is 305 g/mol. The Kier molecular flexibility index (Phi) is 5.70. The van der Waals surface area contributed by atoms with Crippen LogP contribution in [0.2, 0.25) is 0 Å². The molecule has 1 aromatic carbocycles. The van der Waals surface area contributed by atoms with Crippen molar-refractivity contribution in [2.45, 2.75) is 37.8 Å². The number of aromatic nitrogens is 2. The van der Waals surface area contributed by atoms with Crippen molar-refractivity contribution < 1.29 is 4.74 Å². The van der Waals surface area contributed by atoms with Crippen LogP contribution in [0.1, 0.15) is 30.6 Å². The molecule has 0 fully saturated rings. The van der Waals surface area contributed by atoms with Gasteiger partial charge < -0.3 is 10.5 Å². The molecule has 0 saturated heterocycles. The van der Waals surface area contributed by atoms with Crippen LogP contribution < -0.4 is 10.5 Å². The van der Waals surface area contributed by atoms with Gasteiger partial charge in [-0.15, -0.1) is 11.8 Å². The molecule has 0 aliphatic carbocycles. The lowest BCUT2D eigenvalue weighted by Crippen LogP contribution is -2.19. The highest BCUT2D eigenvalue weighted by Gasteiger charge is 2.18. The van der Waals surface area contributed by atoms with Gasteiger partial charge in [0.1, 0.15) is 0 Å². The molecule has 114 valence electrons. The van der Waals surface area contributed by atoms with Gasteiger partial charge in [-0.1, -0.05) is 24.6 Å². The lowest BCUT2D eigenvalue weighted by molar-refractivity contribution is 0.403. The van der Waals surface area contributed by atoms with Crippen molar-refractivity contribution in [2.75, 3.05) is 12.9 Å². The summed E-state index contributed by atoms with van der Waals surface area (Å²) in [6.07, 6.45) is 2.77. The smallest absolute Gasteiger partial charge is 0.161 e. The number of aryl methyl sites for hydroxylation is 2. The summed E-state index contributed by atoms with van der Waals surface area (Å²) in [6, 6.07) is 8.41. The highest BCUT2D eigenvalue weighted by molar-refractivity contribution is 7.99. The van der Waals surface area contributed by atoms with E-state index >= 15 is 0 Å². The van der Waals surface area contributed by atoms with E-state index in [0.717, 1.165) is 30.2 Å². The van der Waals surface area contributed by atoms with Crippen molar-refractivity contribution in [1.82, 2.24) is 9.78 Å². The second-order valence-corrected chi connectivity index (χ2v) is 6.15. The molecule has 1 aromatic heterocycles. The van der Waals surface area contributed by atoms with E-state index in [1.165, 1.54) is 10.5 Å². The fourth-order valence-corrected chi connectivity index (χ4v) is 3.06. The molecule has 5 heteroatoms. The van der Waals surface area contributed by atoms with E-state index in [1.807, 2.05) is 4.68 Å². The summed E-state index contributed by atoms with van der Waals surface area (Å²) >= 11 is 1.76. The number of nitrogens with two attached hydrogens (primary N) is 1. The number of methoxy groups -OCH3 is 1. The molecule has 1 atom stereocenters. The highest BCUT2D eigenvalue weighted by Crippen LogP contribution is 2.29. The second-order valence-electron chi connectivity index (χ2n) is 5.05. The van der Waals surface area contributed by atoms with Gasteiger partial charge in [-0.05, 0) is 25.5 Å². The van der Waals surface area contributed by atoms with Crippen LogP contribution in [0.3, 0.4) is 0 Å². The van der Waals surface area contributed by atoms with E-state index in [0.29, 0.717) is 0 Å². The first-order valence-corrected chi connectivity index (χ1v) is 8.19. The van der Waals surface area contributed by atoms with Gasteiger partial charge in [-0.3, -0.25) is 4.68 Å². The summed E-state index contributed by atoms with van der Waals surface area (Å²) < 4.78 is 7.35. The number of nitrogens with zero attached hydrogens (tertiary/aromatic N) is 2. The van der Waals surface area contributed by atoms with Crippen LogP contribution in [0.15, 0.2) is 35.4 Å². The van der Waals surface area contributed by atoms with Gasteiger partial charge in [0.2, 0.25) is 0 Å². The Balaban J connectivity index is 2.07. The first-order chi connectivity index (χ1) is 10.2. The van der Waals surface area contributed by atoms with Crippen molar-refractivity contribution in [2.24, 2.45) is 5.73 Å². The molecule has 1 heterocycles. The molecule has 0 aliphatic heterocycles. The Bertz CT molecular complexity index is 565. The molecule has 2 rings (SSSR count). The molecule has 0 aliphatic rings. The Morgan fingerprint density at radius 1 is 1.33 bits per heavy atom. The number of hydrogen-bond acceptors (Lipinski definition) is 4. The quantitative estimate of drug-likeness (QED) is 0.797. The van der Waals surface area contributed by atoms with Crippen LogP contribution in [-0.4, -0.2) is 22.6 Å². The number of ether oxygens (including phenoxy) is 1. The largest absolute Gasteiger partial charge is 0.493 e. The lowest BCUT2D eigenvalue weighted by atomic mass is 10.2. The van der Waals surface area contributed by atoms with E-state index in [-0.39, 0.29) is 6.04 Å². The summed E-state index contributed by atoms with van der Waals surface area (Å²) in [6.45, 7) is 5.08. The van der Waals surface area contributed by atoms with Gasteiger partial charge in [-0.2, -0.15) is 5.10 Å². The number of hydrogen-bond donors (Lipinski definition) is 1. The fourth-order valence-electron chi connectivity index (χ4n) is 2.20. The van der Waals surface area contributed by atoms with Crippen molar-refractivity contribution in [3.8, 4) is 5.75 Å². The molecule has 1 unspecified atom stereocenters. The summed E-state index contributed by atoms with van der Waals surface area (Å²) in [4.78, 5) is 1.23. The van der Waals surface area contributed by atoms with Crippen molar-refractivity contribution in [3.63, 3.8) is 0 Å². The average Bonchev–Trinajstić information content (AvgIpc) is 2.90. The first kappa shape index (κ1) is 15.9. The molecule has 2 N–H and O–H groups in total. The molecular weight excluding hydrogens is 282 g/mol. The van der Waals surface area contributed by atoms with Crippen LogP contribution in [0.5, 0.6) is 5.75 Å². The zero-order valence-corrected chi connectivity index (χ0v) is 13.7. The predicted octanol–water partition coefficient (Wildman–Crippen LogP) is 3.40. The normalized spacial score (nSPS) is 12.4. The molecule has 0 saturated carbocycles. The van der Waals surface area contributed by atoms with Gasteiger partial charge in [0, 0.05) is 17.2 Å². The Hall–Kier alpha value is -1.46. The van der Waals surface area contributed by atoms with E-state index in [2.05, 4.69) is 43.2 Å². The predicted molar refractivity (Wildman–Crippen MR) is 87.9 cm³/mol. The minimum atomic E-state index is -0.0969. The third-order valence-electron chi connectivity index (χ3n) is 3.30. The van der Waals surface area contributed by atoms with Crippen molar-refractivity contribution >= 4 is 11.8 Å². The van der Waals surface area contributed by atoms with E-state index in [4.69, 9.17) is 10.5 Å². The van der Waals surface area contributed by atoms with E-state index < -0.39 is 0 Å². The molecule has 0 radical (unpaired) electrons. The molecule has 2 aromatic rings. The van der Waals surface area contributed by atoms with Crippen LogP contribution >= 0.6 is 11.8 Å². The van der Waals surface area contributed by atoms with E-state index in [9.17, 15) is 0 Å². The van der Waals surface area contributed by atoms with Gasteiger partial charge in [0.25, 0.3) is 0 Å². The van der Waals surface area contributed by atoms with Crippen LogP contribution in [-0.2, 0) is 6.54 Å². The van der Waals surface area contributed by atoms with Gasteiger partial charge in [0.15, 0.2) is 5.75 Å². The topological polar surface area (TPSA) is 53.1 Å². The fraction of sp³-hybridized carbons (Fsp3) is 0.438. The van der Waals surface area contributed by atoms with Crippen LogP contribution in [0.4, 0.5) is 0 Å². The van der Waals surface area contributed by atoms with Crippen LogP contribution in [0, 0.1) is 6.92 Å². The number of benzene rings is 1. The summed E-state index contributed by atoms with van der Waals surface area (Å²) in [7, 11) is 1.66. The zero-order valence-electron chi connectivity index (χ0n) is 12.9. The first-order valence-electron chi connectivity index (χ1n) is 7.20. The van der Waals surface area contributed by atoms with Crippen LogP contribution in [0.25, 0.3) is 0 Å². The summed E-state index contributed by atoms with van der Waals surface area (Å²) in [5.41, 5.74) is 8.62. The maximum atomic E-state index is 6.36. The van der Waals surface area contributed by atoms with Gasteiger partial charge in [-0.25, -0.2) is 0 Å². The summed E-state index contributed by atoms with van der Waals surface area (Å²) in [5, 5.41) is 4.37. The average molecular weight is 305 g/mol. The Labute approximate surface area is 130 Å². The minimum absolute atomic E-state index is 0.0969. The zero-order chi connectivity index (χ0) is 15.2. The molecule has 0 spiro atoms. The molecular formula is C16H23N3OS. The molecule has 4 nitrogen and oxygen atoms in total. The van der Waals surface area contributed by atoms with Gasteiger partial charge >= 0.3 is 0 Å². The maximum Gasteiger partial charge on any atom is 0.161 e. The third kappa shape index (κ3) is 4.02. The third-order valence-corrected chi connectivity index (χ3v) is 4.43. The Morgan fingerprint density at radius 3 is 2.67 bits per heavy atom. The minimum Gasteiger partial charge on any atom is -0.493 e. The molecule has 0 amide bonds. The standard InChI is InChI=1S/C16H23N3OS/c1-4-9-19-16(15(20-3)10-18-19)14(17)11-21-13-7-5-12(2)6-8-13/h5-8,10,14H,4,9,11,17H2,1-3H3. The second kappa shape index (κ2) is 7.52. The SMILES string of the molecule is CCCn1ncc(OC)c1C(N)CSc1ccc(C)cc1. The number of thioether (sulfide) groups is 1. The Morgan fingerprint density at radius 2 is 2.05 bits per heavy atom. The molecule has 21 heavy (non-hydrogen) atoms. The van der Waals surface area contributed by atoms with E-state index in [1.54, 1.807) is 25.1 Å². The van der Waals surface area contributed by atoms with Crippen molar-refractivity contribution in [3.05, 3.63) is 41.7 Å². The van der Waals surface area contributed by atoms with Gasteiger partial charge in [0.05, 0.1) is 25.0 Å². The molecule has 0 bridgehead atoms. The highest BCUT2D eigenvalue weighted by atomic mass is 32.2. The lowest BCUT2D eigenvalue weighted by Gasteiger charge is -2.15. The number of rotatable bonds is 7.